The van der Waals surface area contributed by atoms with Crippen LogP contribution in [0.15, 0.2) is 29.6 Å². The summed E-state index contributed by atoms with van der Waals surface area (Å²) in [4.78, 5) is 19.1. The van der Waals surface area contributed by atoms with Crippen molar-refractivity contribution >= 4 is 28.6 Å². The zero-order valence-electron chi connectivity index (χ0n) is 14.4. The average Bonchev–Trinajstić information content (AvgIpc) is 3.25. The lowest BCUT2D eigenvalue weighted by molar-refractivity contribution is -0.116. The van der Waals surface area contributed by atoms with Crippen LogP contribution in [0, 0.1) is 0 Å². The molecule has 1 N–H and O–H groups in total. The van der Waals surface area contributed by atoms with Crippen molar-refractivity contribution in [1.29, 1.82) is 0 Å². The van der Waals surface area contributed by atoms with Gasteiger partial charge < -0.3 is 10.2 Å². The van der Waals surface area contributed by atoms with Gasteiger partial charge in [0.25, 0.3) is 0 Å². The first-order valence-electron chi connectivity index (χ1n) is 8.71. The molecule has 4 nitrogen and oxygen atoms in total. The van der Waals surface area contributed by atoms with Crippen molar-refractivity contribution in [3.63, 3.8) is 0 Å². The lowest BCUT2D eigenvalue weighted by Crippen LogP contribution is -2.17. The van der Waals surface area contributed by atoms with Gasteiger partial charge in [-0.25, -0.2) is 4.98 Å². The Kier molecular flexibility index (Phi) is 5.51. The first kappa shape index (κ1) is 17.0. The van der Waals surface area contributed by atoms with E-state index in [2.05, 4.69) is 46.6 Å². The molecule has 0 atom stereocenters. The molecular weight excluding hydrogens is 318 g/mol. The molecule has 1 aromatic heterocycles. The topological polar surface area (TPSA) is 45.2 Å². The van der Waals surface area contributed by atoms with E-state index in [0.717, 1.165) is 29.5 Å². The number of nitrogens with one attached hydrogen (secondary N) is 1. The van der Waals surface area contributed by atoms with Crippen LogP contribution in [0.1, 0.15) is 49.7 Å². The van der Waals surface area contributed by atoms with Crippen molar-refractivity contribution in [2.75, 3.05) is 23.3 Å². The van der Waals surface area contributed by atoms with Gasteiger partial charge in [0.05, 0.1) is 10.7 Å². The van der Waals surface area contributed by atoms with Crippen LogP contribution in [0.2, 0.25) is 0 Å². The molecule has 0 radical (unpaired) electrons. The summed E-state index contributed by atoms with van der Waals surface area (Å²) in [6.07, 6.45) is 3.72. The van der Waals surface area contributed by atoms with Crippen molar-refractivity contribution in [1.82, 2.24) is 4.98 Å². The standard InChI is InChI=1S/C19H25N3OS/c1-14(2)17-13-24-19(21-17)10-9-18(23)20-15-5-7-16(8-6-15)22-11-3-4-12-22/h5-8,13-14H,3-4,9-12H2,1-2H3,(H,20,23). The molecule has 1 fully saturated rings. The Balaban J connectivity index is 1.49. The Morgan fingerprint density at radius 2 is 1.96 bits per heavy atom. The summed E-state index contributed by atoms with van der Waals surface area (Å²) in [7, 11) is 0. The van der Waals surface area contributed by atoms with E-state index in [-0.39, 0.29) is 5.91 Å². The number of amides is 1. The Hall–Kier alpha value is -1.88. The monoisotopic (exact) mass is 343 g/mol. The fourth-order valence-electron chi connectivity index (χ4n) is 2.88. The van der Waals surface area contributed by atoms with Gasteiger partial charge in [-0.2, -0.15) is 0 Å². The molecule has 5 heteroatoms. The van der Waals surface area contributed by atoms with Crippen molar-refractivity contribution in [2.45, 2.75) is 45.4 Å². The van der Waals surface area contributed by atoms with Gasteiger partial charge in [-0.15, -0.1) is 11.3 Å². The summed E-state index contributed by atoms with van der Waals surface area (Å²) in [5.74, 6) is 0.489. The molecule has 2 heterocycles. The zero-order valence-corrected chi connectivity index (χ0v) is 15.2. The number of benzene rings is 1. The summed E-state index contributed by atoms with van der Waals surface area (Å²) in [6, 6.07) is 8.17. The summed E-state index contributed by atoms with van der Waals surface area (Å²) in [5.41, 5.74) is 3.23. The number of thiazole rings is 1. The normalized spacial score (nSPS) is 14.4. The van der Waals surface area contributed by atoms with E-state index in [1.165, 1.54) is 18.5 Å². The predicted molar refractivity (Wildman–Crippen MR) is 101 cm³/mol. The van der Waals surface area contributed by atoms with Gasteiger partial charge >= 0.3 is 0 Å². The van der Waals surface area contributed by atoms with E-state index < -0.39 is 0 Å². The van der Waals surface area contributed by atoms with Gasteiger partial charge in [-0.3, -0.25) is 4.79 Å². The Bertz CT molecular complexity index is 672. The average molecular weight is 343 g/mol. The van der Waals surface area contributed by atoms with Crippen LogP contribution in [0.25, 0.3) is 0 Å². The number of hydrogen-bond donors (Lipinski definition) is 1. The number of carbonyl (C=O) groups is 1. The van der Waals surface area contributed by atoms with E-state index in [9.17, 15) is 4.79 Å². The maximum Gasteiger partial charge on any atom is 0.224 e. The van der Waals surface area contributed by atoms with Crippen molar-refractivity contribution in [3.05, 3.63) is 40.3 Å². The first-order chi connectivity index (χ1) is 11.6. The quantitative estimate of drug-likeness (QED) is 0.843. The fraction of sp³-hybridized carbons (Fsp3) is 0.474. The van der Waals surface area contributed by atoms with Gasteiger partial charge in [0.15, 0.2) is 0 Å². The minimum absolute atomic E-state index is 0.0465. The first-order valence-corrected chi connectivity index (χ1v) is 9.59. The highest BCUT2D eigenvalue weighted by atomic mass is 32.1. The molecule has 1 aromatic carbocycles. The van der Waals surface area contributed by atoms with Crippen LogP contribution < -0.4 is 10.2 Å². The van der Waals surface area contributed by atoms with Gasteiger partial charge in [-0.1, -0.05) is 13.8 Å². The third-order valence-corrected chi connectivity index (χ3v) is 5.28. The predicted octanol–water partition coefficient (Wildman–Crippen LogP) is 4.44. The number of carbonyl (C=O) groups excluding carboxylic acids is 1. The zero-order chi connectivity index (χ0) is 16.9. The van der Waals surface area contributed by atoms with Crippen LogP contribution in [0.5, 0.6) is 0 Å². The molecular formula is C19H25N3OS. The molecule has 3 rings (SSSR count). The number of rotatable bonds is 6. The molecule has 0 bridgehead atoms. The van der Waals surface area contributed by atoms with Crippen LogP contribution >= 0.6 is 11.3 Å². The lowest BCUT2D eigenvalue weighted by Gasteiger charge is -2.17. The maximum atomic E-state index is 12.1. The molecule has 0 saturated carbocycles. The number of anilines is 2. The van der Waals surface area contributed by atoms with E-state index >= 15 is 0 Å². The summed E-state index contributed by atoms with van der Waals surface area (Å²) in [5, 5.41) is 6.11. The molecule has 0 unspecified atom stereocenters. The maximum absolute atomic E-state index is 12.1. The molecule has 24 heavy (non-hydrogen) atoms. The van der Waals surface area contributed by atoms with E-state index in [0.29, 0.717) is 18.8 Å². The largest absolute Gasteiger partial charge is 0.372 e. The van der Waals surface area contributed by atoms with Crippen LogP contribution in [-0.4, -0.2) is 24.0 Å². The van der Waals surface area contributed by atoms with Gasteiger partial charge in [0.2, 0.25) is 5.91 Å². The van der Waals surface area contributed by atoms with Gasteiger partial charge in [0, 0.05) is 42.7 Å². The minimum atomic E-state index is 0.0465. The highest BCUT2D eigenvalue weighted by Gasteiger charge is 2.12. The fourth-order valence-corrected chi connectivity index (χ4v) is 3.84. The second-order valence-electron chi connectivity index (χ2n) is 6.61. The molecule has 1 saturated heterocycles. The van der Waals surface area contributed by atoms with Crippen molar-refractivity contribution < 1.29 is 4.79 Å². The molecule has 0 spiro atoms. The van der Waals surface area contributed by atoms with Gasteiger partial charge in [-0.05, 0) is 43.0 Å². The van der Waals surface area contributed by atoms with E-state index in [1.807, 2.05) is 12.1 Å². The summed E-state index contributed by atoms with van der Waals surface area (Å²) >= 11 is 1.65. The Morgan fingerprint density at radius 3 is 2.58 bits per heavy atom. The SMILES string of the molecule is CC(C)c1csc(CCC(=O)Nc2ccc(N3CCCC3)cc2)n1. The molecule has 2 aromatic rings. The third kappa shape index (κ3) is 4.35. The highest BCUT2D eigenvalue weighted by molar-refractivity contribution is 7.09. The molecule has 128 valence electrons. The highest BCUT2D eigenvalue weighted by Crippen LogP contribution is 2.22. The van der Waals surface area contributed by atoms with Crippen molar-refractivity contribution in [2.24, 2.45) is 0 Å². The summed E-state index contributed by atoms with van der Waals surface area (Å²) in [6.45, 7) is 6.55. The minimum Gasteiger partial charge on any atom is -0.372 e. The van der Waals surface area contributed by atoms with E-state index in [1.54, 1.807) is 11.3 Å². The second-order valence-corrected chi connectivity index (χ2v) is 7.55. The molecule has 1 aliphatic rings. The number of aromatic nitrogens is 1. The van der Waals surface area contributed by atoms with Crippen LogP contribution in [0.3, 0.4) is 0 Å². The summed E-state index contributed by atoms with van der Waals surface area (Å²) < 4.78 is 0. The smallest absolute Gasteiger partial charge is 0.224 e. The van der Waals surface area contributed by atoms with Crippen LogP contribution in [0.4, 0.5) is 11.4 Å². The number of aryl methyl sites for hydroxylation is 1. The third-order valence-electron chi connectivity index (χ3n) is 4.35. The molecule has 1 aliphatic heterocycles. The molecule has 0 aliphatic carbocycles. The molecule has 1 amide bonds. The number of hydrogen-bond acceptors (Lipinski definition) is 4. The second kappa shape index (κ2) is 7.79. The van der Waals surface area contributed by atoms with Crippen molar-refractivity contribution in [3.8, 4) is 0 Å². The van der Waals surface area contributed by atoms with E-state index in [4.69, 9.17) is 0 Å². The van der Waals surface area contributed by atoms with Gasteiger partial charge in [0.1, 0.15) is 0 Å². The Morgan fingerprint density at radius 1 is 1.25 bits per heavy atom. The van der Waals surface area contributed by atoms with Crippen LogP contribution in [-0.2, 0) is 11.2 Å². The number of nitrogens with zero attached hydrogens (tertiary/aromatic N) is 2. The lowest BCUT2D eigenvalue weighted by atomic mass is 10.2. The Labute approximate surface area is 147 Å².